The van der Waals surface area contributed by atoms with Crippen LogP contribution in [0.3, 0.4) is 0 Å². The first kappa shape index (κ1) is 22.2. The standard InChI is InChI=1S/C20H18F5NO3S/c1-3-8-5-6-9-10(7-8)30-19(11(9)20(28)29-4-2)26-18(27)12-13(21)15(23)17(25)16(24)14(12)22/h8H,3-7H2,1-2H3,(H,26,27)/t8-/m0/s1. The highest BCUT2D eigenvalue weighted by atomic mass is 32.1. The Morgan fingerprint density at radius 3 is 2.17 bits per heavy atom. The van der Waals surface area contributed by atoms with Crippen LogP contribution in [0.1, 0.15) is 57.8 Å². The van der Waals surface area contributed by atoms with Gasteiger partial charge >= 0.3 is 5.97 Å². The molecule has 30 heavy (non-hydrogen) atoms. The van der Waals surface area contributed by atoms with E-state index in [1.807, 2.05) is 6.92 Å². The average Bonchev–Trinajstić information content (AvgIpc) is 3.07. The first-order valence-corrected chi connectivity index (χ1v) is 10.2. The number of ether oxygens (including phenoxy) is 1. The number of carbonyl (C=O) groups is 2. The van der Waals surface area contributed by atoms with Gasteiger partial charge in [-0.25, -0.2) is 26.7 Å². The van der Waals surface area contributed by atoms with Crippen molar-refractivity contribution in [2.45, 2.75) is 39.5 Å². The lowest BCUT2D eigenvalue weighted by molar-refractivity contribution is 0.0526. The molecule has 0 bridgehead atoms. The van der Waals surface area contributed by atoms with E-state index < -0.39 is 46.5 Å². The average molecular weight is 447 g/mol. The molecular weight excluding hydrogens is 429 g/mol. The summed E-state index contributed by atoms with van der Waals surface area (Å²) in [7, 11) is 0. The van der Waals surface area contributed by atoms with Gasteiger partial charge in [-0.05, 0) is 37.7 Å². The van der Waals surface area contributed by atoms with Gasteiger partial charge in [0.1, 0.15) is 10.6 Å². The minimum Gasteiger partial charge on any atom is -0.462 e. The summed E-state index contributed by atoms with van der Waals surface area (Å²) in [5.74, 6) is -13.2. The van der Waals surface area contributed by atoms with E-state index in [0.717, 1.165) is 29.1 Å². The Morgan fingerprint density at radius 2 is 1.60 bits per heavy atom. The van der Waals surface area contributed by atoms with Crippen molar-refractivity contribution in [3.05, 3.63) is 50.7 Å². The second kappa shape index (κ2) is 8.71. The van der Waals surface area contributed by atoms with E-state index >= 15 is 0 Å². The third-order valence-electron chi connectivity index (χ3n) is 5.09. The number of amides is 1. The largest absolute Gasteiger partial charge is 0.462 e. The monoisotopic (exact) mass is 447 g/mol. The summed E-state index contributed by atoms with van der Waals surface area (Å²) >= 11 is 1.04. The molecule has 4 nitrogen and oxygen atoms in total. The predicted molar refractivity (Wildman–Crippen MR) is 100 cm³/mol. The molecule has 1 heterocycles. The molecule has 0 fully saturated rings. The molecule has 1 aliphatic carbocycles. The van der Waals surface area contributed by atoms with Crippen molar-refractivity contribution in [2.24, 2.45) is 5.92 Å². The van der Waals surface area contributed by atoms with Crippen LogP contribution in [0.25, 0.3) is 0 Å². The molecule has 0 spiro atoms. The normalized spacial score (nSPS) is 15.6. The number of esters is 1. The van der Waals surface area contributed by atoms with Crippen LogP contribution in [0.2, 0.25) is 0 Å². The number of thiophene rings is 1. The maximum absolute atomic E-state index is 14.0. The zero-order valence-electron chi connectivity index (χ0n) is 16.1. The molecule has 0 aliphatic heterocycles. The van der Waals surface area contributed by atoms with Gasteiger partial charge < -0.3 is 10.1 Å². The summed E-state index contributed by atoms with van der Waals surface area (Å²) in [6.07, 6.45) is 2.94. The third-order valence-corrected chi connectivity index (χ3v) is 6.26. The lowest BCUT2D eigenvalue weighted by Gasteiger charge is -2.20. The van der Waals surface area contributed by atoms with Gasteiger partial charge in [0.25, 0.3) is 5.91 Å². The molecule has 1 aliphatic rings. The number of nitrogens with one attached hydrogen (secondary N) is 1. The minimum absolute atomic E-state index is 0.0378. The highest BCUT2D eigenvalue weighted by Gasteiger charge is 2.33. The lowest BCUT2D eigenvalue weighted by Crippen LogP contribution is -2.20. The second-order valence-electron chi connectivity index (χ2n) is 6.84. The maximum Gasteiger partial charge on any atom is 0.341 e. The summed E-state index contributed by atoms with van der Waals surface area (Å²) in [5.41, 5.74) is -0.876. The molecule has 3 rings (SSSR count). The Hall–Kier alpha value is -2.49. The van der Waals surface area contributed by atoms with Gasteiger partial charge in [-0.3, -0.25) is 4.79 Å². The Kier molecular flexibility index (Phi) is 6.44. The number of hydrogen-bond donors (Lipinski definition) is 1. The minimum atomic E-state index is -2.36. The zero-order chi connectivity index (χ0) is 22.2. The Balaban J connectivity index is 2.04. The Labute approximate surface area is 173 Å². The van der Waals surface area contributed by atoms with E-state index in [2.05, 4.69) is 5.32 Å². The highest BCUT2D eigenvalue weighted by molar-refractivity contribution is 7.17. The van der Waals surface area contributed by atoms with Gasteiger partial charge in [0.05, 0.1) is 12.2 Å². The third kappa shape index (κ3) is 3.80. The number of carbonyl (C=O) groups excluding carboxylic acids is 2. The molecule has 0 radical (unpaired) electrons. The van der Waals surface area contributed by atoms with Crippen LogP contribution in [-0.4, -0.2) is 18.5 Å². The summed E-state index contributed by atoms with van der Waals surface area (Å²) in [4.78, 5) is 25.7. The van der Waals surface area contributed by atoms with Crippen molar-refractivity contribution in [1.29, 1.82) is 0 Å². The summed E-state index contributed by atoms with van der Waals surface area (Å²) < 4.78 is 73.2. The molecular formula is C20H18F5NO3S. The van der Waals surface area contributed by atoms with Crippen molar-refractivity contribution < 1.29 is 36.3 Å². The Morgan fingerprint density at radius 1 is 1.00 bits per heavy atom. The summed E-state index contributed by atoms with van der Waals surface area (Å²) in [6, 6.07) is 0. The van der Waals surface area contributed by atoms with Crippen molar-refractivity contribution in [1.82, 2.24) is 0 Å². The fourth-order valence-corrected chi connectivity index (χ4v) is 4.82. The van der Waals surface area contributed by atoms with Crippen LogP contribution in [-0.2, 0) is 17.6 Å². The summed E-state index contributed by atoms with van der Waals surface area (Å²) in [5, 5.41) is 2.12. The van der Waals surface area contributed by atoms with Crippen LogP contribution in [0.15, 0.2) is 0 Å². The number of rotatable bonds is 5. The lowest BCUT2D eigenvalue weighted by atomic mass is 9.85. The number of halogens is 5. The SMILES string of the molecule is CCOC(=O)c1c(NC(=O)c2c(F)c(F)c(F)c(F)c2F)sc2c1CC[C@H](CC)C2. The van der Waals surface area contributed by atoms with Crippen LogP contribution in [0.4, 0.5) is 27.0 Å². The van der Waals surface area contributed by atoms with Gasteiger partial charge in [0.15, 0.2) is 23.3 Å². The molecule has 0 saturated carbocycles. The fraction of sp³-hybridized carbons (Fsp3) is 0.400. The number of anilines is 1. The molecule has 1 aromatic heterocycles. The number of fused-ring (bicyclic) bond motifs is 1. The van der Waals surface area contributed by atoms with E-state index in [1.165, 1.54) is 0 Å². The Bertz CT molecular complexity index is 992. The molecule has 1 atom stereocenters. The van der Waals surface area contributed by atoms with Gasteiger partial charge in [-0.1, -0.05) is 13.3 Å². The van der Waals surface area contributed by atoms with E-state index in [4.69, 9.17) is 4.74 Å². The number of benzene rings is 1. The molecule has 10 heteroatoms. The molecule has 0 unspecified atom stereocenters. The maximum atomic E-state index is 14.0. The van der Waals surface area contributed by atoms with E-state index in [0.29, 0.717) is 24.3 Å². The van der Waals surface area contributed by atoms with Gasteiger partial charge in [-0.15, -0.1) is 11.3 Å². The zero-order valence-corrected chi connectivity index (χ0v) is 17.0. The van der Waals surface area contributed by atoms with Crippen molar-refractivity contribution in [3.8, 4) is 0 Å². The van der Waals surface area contributed by atoms with Crippen LogP contribution >= 0.6 is 11.3 Å². The van der Waals surface area contributed by atoms with Crippen LogP contribution < -0.4 is 5.32 Å². The van der Waals surface area contributed by atoms with E-state index in [9.17, 15) is 31.5 Å². The van der Waals surface area contributed by atoms with Crippen molar-refractivity contribution in [3.63, 3.8) is 0 Å². The molecule has 1 amide bonds. The molecule has 2 aromatic rings. The quantitative estimate of drug-likeness (QED) is 0.290. The van der Waals surface area contributed by atoms with Gasteiger partial charge in [0.2, 0.25) is 5.82 Å². The fourth-order valence-electron chi connectivity index (χ4n) is 3.48. The molecule has 1 aromatic carbocycles. The van der Waals surface area contributed by atoms with Crippen molar-refractivity contribution >= 4 is 28.2 Å². The molecule has 1 N–H and O–H groups in total. The predicted octanol–water partition coefficient (Wildman–Crippen LogP) is 5.39. The topological polar surface area (TPSA) is 55.4 Å². The smallest absolute Gasteiger partial charge is 0.341 e. The number of hydrogen-bond acceptors (Lipinski definition) is 4. The van der Waals surface area contributed by atoms with Gasteiger partial charge in [0, 0.05) is 4.88 Å². The van der Waals surface area contributed by atoms with Gasteiger partial charge in [-0.2, -0.15) is 0 Å². The van der Waals surface area contributed by atoms with Crippen LogP contribution in [0, 0.1) is 35.0 Å². The van der Waals surface area contributed by atoms with E-state index in [-0.39, 0.29) is 17.2 Å². The van der Waals surface area contributed by atoms with E-state index in [1.54, 1.807) is 6.92 Å². The molecule has 0 saturated heterocycles. The van der Waals surface area contributed by atoms with Crippen LogP contribution in [0.5, 0.6) is 0 Å². The first-order valence-electron chi connectivity index (χ1n) is 9.35. The first-order chi connectivity index (χ1) is 14.2. The highest BCUT2D eigenvalue weighted by Crippen LogP contribution is 2.41. The second-order valence-corrected chi connectivity index (χ2v) is 7.95. The summed E-state index contributed by atoms with van der Waals surface area (Å²) in [6.45, 7) is 3.68. The van der Waals surface area contributed by atoms with Crippen molar-refractivity contribution in [2.75, 3.05) is 11.9 Å². The molecule has 162 valence electrons.